The smallest absolute Gasteiger partial charge is 0.327 e. The summed E-state index contributed by atoms with van der Waals surface area (Å²) in [5, 5.41) is 3.87. The molecule has 1 rings (SSSR count). The predicted molar refractivity (Wildman–Crippen MR) is 52.4 cm³/mol. The lowest BCUT2D eigenvalue weighted by molar-refractivity contribution is -0.145. The first-order valence-electron chi connectivity index (χ1n) is 4.51. The van der Waals surface area contributed by atoms with Gasteiger partial charge in [0.15, 0.2) is 0 Å². The zero-order valence-corrected chi connectivity index (χ0v) is 8.43. The molecule has 0 fully saturated rings. The predicted octanol–water partition coefficient (Wildman–Crippen LogP) is 0.664. The number of esters is 1. The summed E-state index contributed by atoms with van der Waals surface area (Å²) in [4.78, 5) is 11.2. The Hall–Kier alpha value is -1.52. The maximum absolute atomic E-state index is 11.2. The number of hydrogen-bond donors (Lipinski definition) is 1. The Labute approximate surface area is 82.8 Å². The van der Waals surface area contributed by atoms with Gasteiger partial charge in [0.25, 0.3) is 0 Å². The standard InChI is InChI=1S/C9H15N3O2/c1-7(2)6-14-9(13)5-12-4-8(10)3-11-12/h3-4,7H,5-6,10H2,1-2H3. The van der Waals surface area contributed by atoms with Gasteiger partial charge in [-0.3, -0.25) is 9.48 Å². The summed E-state index contributed by atoms with van der Waals surface area (Å²) < 4.78 is 6.43. The third kappa shape index (κ3) is 3.47. The zero-order chi connectivity index (χ0) is 10.6. The van der Waals surface area contributed by atoms with Crippen molar-refractivity contribution in [3.63, 3.8) is 0 Å². The van der Waals surface area contributed by atoms with E-state index < -0.39 is 0 Å². The number of carbonyl (C=O) groups is 1. The average Bonchev–Trinajstić information content (AvgIpc) is 2.48. The van der Waals surface area contributed by atoms with Crippen molar-refractivity contribution < 1.29 is 9.53 Å². The summed E-state index contributed by atoms with van der Waals surface area (Å²) in [6.45, 7) is 4.53. The van der Waals surface area contributed by atoms with Crippen LogP contribution >= 0.6 is 0 Å². The zero-order valence-electron chi connectivity index (χ0n) is 8.43. The molecule has 0 atom stereocenters. The molecule has 1 aromatic rings. The molecule has 14 heavy (non-hydrogen) atoms. The van der Waals surface area contributed by atoms with E-state index in [1.165, 1.54) is 10.9 Å². The van der Waals surface area contributed by atoms with Crippen molar-refractivity contribution in [2.75, 3.05) is 12.3 Å². The third-order valence-corrected chi connectivity index (χ3v) is 1.52. The molecule has 0 saturated heterocycles. The molecule has 1 aromatic heterocycles. The van der Waals surface area contributed by atoms with Crippen LogP contribution in [-0.4, -0.2) is 22.4 Å². The molecular weight excluding hydrogens is 182 g/mol. The van der Waals surface area contributed by atoms with E-state index in [0.29, 0.717) is 18.2 Å². The van der Waals surface area contributed by atoms with Crippen LogP contribution in [0.5, 0.6) is 0 Å². The average molecular weight is 197 g/mol. The number of hydrogen-bond acceptors (Lipinski definition) is 4. The number of carbonyl (C=O) groups excluding carboxylic acids is 1. The van der Waals surface area contributed by atoms with Gasteiger partial charge in [0.1, 0.15) is 6.54 Å². The van der Waals surface area contributed by atoms with Crippen molar-refractivity contribution in [1.29, 1.82) is 0 Å². The molecule has 0 spiro atoms. The molecule has 0 radical (unpaired) electrons. The summed E-state index contributed by atoms with van der Waals surface area (Å²) in [6.07, 6.45) is 3.09. The lowest BCUT2D eigenvalue weighted by Crippen LogP contribution is -2.16. The molecule has 0 aliphatic rings. The van der Waals surface area contributed by atoms with Crippen molar-refractivity contribution in [3.8, 4) is 0 Å². The van der Waals surface area contributed by atoms with Gasteiger partial charge in [-0.05, 0) is 5.92 Å². The summed E-state index contributed by atoms with van der Waals surface area (Å²) in [7, 11) is 0. The molecule has 78 valence electrons. The van der Waals surface area contributed by atoms with Crippen LogP contribution in [0.4, 0.5) is 5.69 Å². The quantitative estimate of drug-likeness (QED) is 0.720. The van der Waals surface area contributed by atoms with Crippen LogP contribution in [0.2, 0.25) is 0 Å². The highest BCUT2D eigenvalue weighted by Gasteiger charge is 2.05. The molecule has 0 aromatic carbocycles. The minimum absolute atomic E-state index is 0.115. The molecule has 2 N–H and O–H groups in total. The van der Waals surface area contributed by atoms with Gasteiger partial charge in [-0.2, -0.15) is 5.10 Å². The maximum atomic E-state index is 11.2. The molecule has 0 amide bonds. The van der Waals surface area contributed by atoms with E-state index in [2.05, 4.69) is 5.10 Å². The number of anilines is 1. The van der Waals surface area contributed by atoms with Gasteiger partial charge in [-0.15, -0.1) is 0 Å². The highest BCUT2D eigenvalue weighted by molar-refractivity contribution is 5.69. The van der Waals surface area contributed by atoms with Crippen LogP contribution < -0.4 is 5.73 Å². The Balaban J connectivity index is 2.34. The van der Waals surface area contributed by atoms with Crippen molar-refractivity contribution in [1.82, 2.24) is 9.78 Å². The number of nitrogens with zero attached hydrogens (tertiary/aromatic N) is 2. The third-order valence-electron chi connectivity index (χ3n) is 1.52. The first-order valence-corrected chi connectivity index (χ1v) is 4.51. The van der Waals surface area contributed by atoms with E-state index in [4.69, 9.17) is 10.5 Å². The fourth-order valence-electron chi connectivity index (χ4n) is 0.904. The van der Waals surface area contributed by atoms with Crippen LogP contribution in [0, 0.1) is 5.92 Å². The number of nitrogens with two attached hydrogens (primary N) is 1. The Morgan fingerprint density at radius 2 is 2.43 bits per heavy atom. The number of nitrogen functional groups attached to an aromatic ring is 1. The van der Waals surface area contributed by atoms with Gasteiger partial charge >= 0.3 is 5.97 Å². The monoisotopic (exact) mass is 197 g/mol. The van der Waals surface area contributed by atoms with Crippen LogP contribution in [0.1, 0.15) is 13.8 Å². The summed E-state index contributed by atoms with van der Waals surface area (Å²) in [6, 6.07) is 0. The Bertz CT molecular complexity index is 307. The minimum atomic E-state index is -0.290. The molecular formula is C9H15N3O2. The molecule has 1 heterocycles. The Morgan fingerprint density at radius 3 is 2.93 bits per heavy atom. The van der Waals surface area contributed by atoms with E-state index >= 15 is 0 Å². The van der Waals surface area contributed by atoms with Crippen LogP contribution in [-0.2, 0) is 16.1 Å². The summed E-state index contributed by atoms with van der Waals surface area (Å²) in [5.74, 6) is 0.0587. The fraction of sp³-hybridized carbons (Fsp3) is 0.556. The van der Waals surface area contributed by atoms with Gasteiger partial charge in [0.05, 0.1) is 18.5 Å². The molecule has 5 heteroatoms. The van der Waals surface area contributed by atoms with Crippen LogP contribution in [0.3, 0.4) is 0 Å². The minimum Gasteiger partial charge on any atom is -0.464 e. The molecule has 0 aliphatic carbocycles. The highest BCUT2D eigenvalue weighted by Crippen LogP contribution is 1.99. The van der Waals surface area contributed by atoms with E-state index in [-0.39, 0.29) is 12.5 Å². The van der Waals surface area contributed by atoms with Crippen molar-refractivity contribution in [2.45, 2.75) is 20.4 Å². The van der Waals surface area contributed by atoms with E-state index in [1.807, 2.05) is 13.8 Å². The summed E-state index contributed by atoms with van der Waals surface area (Å²) >= 11 is 0. The first-order chi connectivity index (χ1) is 6.58. The molecule has 0 aliphatic heterocycles. The normalized spacial score (nSPS) is 10.5. The van der Waals surface area contributed by atoms with Gasteiger partial charge in [-0.25, -0.2) is 0 Å². The van der Waals surface area contributed by atoms with Crippen molar-refractivity contribution in [3.05, 3.63) is 12.4 Å². The van der Waals surface area contributed by atoms with Crippen molar-refractivity contribution in [2.24, 2.45) is 5.92 Å². The topological polar surface area (TPSA) is 70.1 Å². The lowest BCUT2D eigenvalue weighted by atomic mass is 10.2. The number of ether oxygens (including phenoxy) is 1. The van der Waals surface area contributed by atoms with Gasteiger partial charge in [-0.1, -0.05) is 13.8 Å². The van der Waals surface area contributed by atoms with E-state index in [1.54, 1.807) is 6.20 Å². The Morgan fingerprint density at radius 1 is 1.71 bits per heavy atom. The second-order valence-corrected chi connectivity index (χ2v) is 3.55. The van der Waals surface area contributed by atoms with Gasteiger partial charge < -0.3 is 10.5 Å². The lowest BCUT2D eigenvalue weighted by Gasteiger charge is -2.06. The SMILES string of the molecule is CC(C)COC(=O)Cn1cc(N)cn1. The van der Waals surface area contributed by atoms with Crippen LogP contribution in [0.25, 0.3) is 0 Å². The van der Waals surface area contributed by atoms with Crippen LogP contribution in [0.15, 0.2) is 12.4 Å². The number of aromatic nitrogens is 2. The second-order valence-electron chi connectivity index (χ2n) is 3.55. The number of rotatable bonds is 4. The van der Waals surface area contributed by atoms with E-state index in [0.717, 1.165) is 0 Å². The Kier molecular flexibility index (Phi) is 3.50. The summed E-state index contributed by atoms with van der Waals surface area (Å²) in [5.41, 5.74) is 5.98. The fourth-order valence-corrected chi connectivity index (χ4v) is 0.904. The molecule has 0 saturated carbocycles. The van der Waals surface area contributed by atoms with Gasteiger partial charge in [0, 0.05) is 6.20 Å². The first kappa shape index (κ1) is 10.6. The molecule has 5 nitrogen and oxygen atoms in total. The molecule has 0 unspecified atom stereocenters. The van der Waals surface area contributed by atoms with Crippen molar-refractivity contribution >= 4 is 11.7 Å². The second kappa shape index (κ2) is 4.64. The highest BCUT2D eigenvalue weighted by atomic mass is 16.5. The van der Waals surface area contributed by atoms with Gasteiger partial charge in [0.2, 0.25) is 0 Å². The molecule has 0 bridgehead atoms. The maximum Gasteiger partial charge on any atom is 0.327 e. The van der Waals surface area contributed by atoms with E-state index in [9.17, 15) is 4.79 Å². The largest absolute Gasteiger partial charge is 0.464 e.